The molecular formula is C18H31NO2. The number of rotatable bonds is 9. The van der Waals surface area contributed by atoms with Crippen LogP contribution in [0.5, 0.6) is 11.5 Å². The van der Waals surface area contributed by atoms with Crippen LogP contribution in [0.2, 0.25) is 0 Å². The number of ether oxygens (including phenoxy) is 2. The molecule has 0 amide bonds. The zero-order valence-electron chi connectivity index (χ0n) is 14.5. The number of nitrogens with one attached hydrogen (secondary N) is 1. The maximum atomic E-state index is 5.47. The van der Waals surface area contributed by atoms with Gasteiger partial charge in [0.25, 0.3) is 0 Å². The van der Waals surface area contributed by atoms with E-state index in [1.165, 1.54) is 36.8 Å². The van der Waals surface area contributed by atoms with E-state index < -0.39 is 0 Å². The molecule has 0 aliphatic heterocycles. The lowest BCUT2D eigenvalue weighted by Gasteiger charge is -2.29. The van der Waals surface area contributed by atoms with Gasteiger partial charge in [-0.1, -0.05) is 26.7 Å². The van der Waals surface area contributed by atoms with Gasteiger partial charge in [0.1, 0.15) is 0 Å². The molecule has 21 heavy (non-hydrogen) atoms. The molecule has 0 spiro atoms. The fraction of sp³-hybridized carbons (Fsp3) is 0.667. The van der Waals surface area contributed by atoms with E-state index in [4.69, 9.17) is 9.47 Å². The molecule has 0 saturated carbocycles. The Morgan fingerprint density at radius 1 is 1.00 bits per heavy atom. The molecule has 1 unspecified atom stereocenters. The number of aryl methyl sites for hydroxylation is 1. The molecule has 0 aliphatic carbocycles. The van der Waals surface area contributed by atoms with Gasteiger partial charge in [0.15, 0.2) is 11.5 Å². The van der Waals surface area contributed by atoms with Crippen LogP contribution in [0.1, 0.15) is 56.7 Å². The molecule has 120 valence electrons. The highest BCUT2D eigenvalue weighted by Crippen LogP contribution is 2.37. The minimum atomic E-state index is 0.365. The number of hydrogen-bond acceptors (Lipinski definition) is 3. The normalized spacial score (nSPS) is 12.5. The second-order valence-electron chi connectivity index (χ2n) is 5.67. The molecule has 3 nitrogen and oxygen atoms in total. The molecule has 3 heteroatoms. The average molecular weight is 293 g/mol. The van der Waals surface area contributed by atoms with E-state index in [0.717, 1.165) is 11.5 Å². The first-order chi connectivity index (χ1) is 10.1. The molecule has 1 N–H and O–H groups in total. The van der Waals surface area contributed by atoms with Gasteiger partial charge in [-0.3, -0.25) is 0 Å². The van der Waals surface area contributed by atoms with E-state index >= 15 is 0 Å². The smallest absolute Gasteiger partial charge is 0.161 e. The standard InChI is InChI=1S/C18H31NO2/c1-7-9-14(10-8-2)18(19-4)15-12-17(21-6)16(20-5)11-13(15)3/h11-12,14,18-19H,7-10H2,1-6H3. The van der Waals surface area contributed by atoms with Crippen molar-refractivity contribution in [3.05, 3.63) is 23.3 Å². The van der Waals surface area contributed by atoms with E-state index in [1.54, 1.807) is 14.2 Å². The topological polar surface area (TPSA) is 30.5 Å². The Kier molecular flexibility index (Phi) is 7.58. The molecule has 1 atom stereocenters. The van der Waals surface area contributed by atoms with Gasteiger partial charge in [0.2, 0.25) is 0 Å². The minimum absolute atomic E-state index is 0.365. The predicted molar refractivity (Wildman–Crippen MR) is 89.4 cm³/mol. The van der Waals surface area contributed by atoms with Gasteiger partial charge in [-0.2, -0.15) is 0 Å². The third kappa shape index (κ3) is 4.37. The summed E-state index contributed by atoms with van der Waals surface area (Å²) < 4.78 is 10.9. The Hall–Kier alpha value is -1.22. The Bertz CT molecular complexity index is 425. The Balaban J connectivity index is 3.19. The van der Waals surface area contributed by atoms with Crippen molar-refractivity contribution in [1.82, 2.24) is 5.32 Å². The fourth-order valence-corrected chi connectivity index (χ4v) is 3.20. The zero-order chi connectivity index (χ0) is 15.8. The zero-order valence-corrected chi connectivity index (χ0v) is 14.5. The summed E-state index contributed by atoms with van der Waals surface area (Å²) in [6, 6.07) is 4.57. The van der Waals surface area contributed by atoms with Crippen LogP contribution in [-0.4, -0.2) is 21.3 Å². The summed E-state index contributed by atoms with van der Waals surface area (Å²) in [6.45, 7) is 6.67. The van der Waals surface area contributed by atoms with Gasteiger partial charge in [-0.05, 0) is 56.0 Å². The van der Waals surface area contributed by atoms with Crippen molar-refractivity contribution in [3.8, 4) is 11.5 Å². The number of hydrogen-bond donors (Lipinski definition) is 1. The van der Waals surface area contributed by atoms with Crippen molar-refractivity contribution in [1.29, 1.82) is 0 Å². The van der Waals surface area contributed by atoms with Crippen molar-refractivity contribution in [3.63, 3.8) is 0 Å². The van der Waals surface area contributed by atoms with Crippen molar-refractivity contribution in [2.75, 3.05) is 21.3 Å². The van der Waals surface area contributed by atoms with Crippen LogP contribution in [-0.2, 0) is 0 Å². The predicted octanol–water partition coefficient (Wildman–Crippen LogP) is 4.49. The maximum absolute atomic E-state index is 5.47. The van der Waals surface area contributed by atoms with Gasteiger partial charge in [0, 0.05) is 6.04 Å². The monoisotopic (exact) mass is 293 g/mol. The molecule has 0 fully saturated rings. The highest BCUT2D eigenvalue weighted by molar-refractivity contribution is 5.48. The molecule has 1 rings (SSSR count). The third-order valence-corrected chi connectivity index (χ3v) is 4.21. The van der Waals surface area contributed by atoms with Gasteiger partial charge in [-0.25, -0.2) is 0 Å². The van der Waals surface area contributed by atoms with E-state index in [1.807, 2.05) is 0 Å². The molecule has 0 radical (unpaired) electrons. The van der Waals surface area contributed by atoms with Crippen LogP contribution in [0.3, 0.4) is 0 Å². The van der Waals surface area contributed by atoms with Crippen LogP contribution in [0.4, 0.5) is 0 Å². The molecule has 0 saturated heterocycles. The van der Waals surface area contributed by atoms with E-state index in [9.17, 15) is 0 Å². The summed E-state index contributed by atoms with van der Waals surface area (Å²) in [5.74, 6) is 2.27. The van der Waals surface area contributed by atoms with Crippen LogP contribution < -0.4 is 14.8 Å². The van der Waals surface area contributed by atoms with Crippen molar-refractivity contribution in [2.24, 2.45) is 5.92 Å². The van der Waals surface area contributed by atoms with Crippen LogP contribution in [0.15, 0.2) is 12.1 Å². The Labute approximate surface area is 130 Å². The Morgan fingerprint density at radius 2 is 1.52 bits per heavy atom. The lowest BCUT2D eigenvalue weighted by molar-refractivity contribution is 0.325. The van der Waals surface area contributed by atoms with E-state index in [0.29, 0.717) is 12.0 Å². The van der Waals surface area contributed by atoms with E-state index in [-0.39, 0.29) is 0 Å². The number of benzene rings is 1. The highest BCUT2D eigenvalue weighted by Gasteiger charge is 2.23. The second kappa shape index (κ2) is 8.93. The second-order valence-corrected chi connectivity index (χ2v) is 5.67. The summed E-state index contributed by atoms with van der Waals surface area (Å²) in [6.07, 6.45) is 4.92. The lowest BCUT2D eigenvalue weighted by atomic mass is 9.84. The molecule has 1 aromatic carbocycles. The minimum Gasteiger partial charge on any atom is -0.493 e. The molecule has 1 aromatic rings. The van der Waals surface area contributed by atoms with Gasteiger partial charge in [0.05, 0.1) is 14.2 Å². The van der Waals surface area contributed by atoms with Crippen LogP contribution in [0.25, 0.3) is 0 Å². The lowest BCUT2D eigenvalue weighted by Crippen LogP contribution is -2.26. The quantitative estimate of drug-likeness (QED) is 0.727. The summed E-state index contributed by atoms with van der Waals surface area (Å²) in [4.78, 5) is 0. The maximum Gasteiger partial charge on any atom is 0.161 e. The Morgan fingerprint density at radius 3 is 1.95 bits per heavy atom. The number of methoxy groups -OCH3 is 2. The third-order valence-electron chi connectivity index (χ3n) is 4.21. The summed E-state index contributed by atoms with van der Waals surface area (Å²) in [5, 5.41) is 3.52. The van der Waals surface area contributed by atoms with Crippen LogP contribution >= 0.6 is 0 Å². The average Bonchev–Trinajstić information content (AvgIpc) is 2.49. The molecule has 0 heterocycles. The fourth-order valence-electron chi connectivity index (χ4n) is 3.20. The van der Waals surface area contributed by atoms with Gasteiger partial charge >= 0.3 is 0 Å². The summed E-state index contributed by atoms with van der Waals surface area (Å²) in [5.41, 5.74) is 2.58. The van der Waals surface area contributed by atoms with Crippen molar-refractivity contribution < 1.29 is 9.47 Å². The molecular weight excluding hydrogens is 262 g/mol. The van der Waals surface area contributed by atoms with Crippen LogP contribution in [0, 0.1) is 12.8 Å². The SMILES string of the molecule is CCCC(CCC)C(NC)c1cc(OC)c(OC)cc1C. The largest absolute Gasteiger partial charge is 0.493 e. The van der Waals surface area contributed by atoms with Crippen molar-refractivity contribution >= 4 is 0 Å². The van der Waals surface area contributed by atoms with E-state index in [2.05, 4.69) is 45.3 Å². The molecule has 0 aromatic heterocycles. The first-order valence-corrected chi connectivity index (χ1v) is 8.02. The molecule has 0 bridgehead atoms. The first kappa shape index (κ1) is 17.8. The van der Waals surface area contributed by atoms with Gasteiger partial charge < -0.3 is 14.8 Å². The summed E-state index contributed by atoms with van der Waals surface area (Å²) in [7, 11) is 5.43. The van der Waals surface area contributed by atoms with Crippen molar-refractivity contribution in [2.45, 2.75) is 52.5 Å². The summed E-state index contributed by atoms with van der Waals surface area (Å²) >= 11 is 0. The molecule has 0 aliphatic rings. The van der Waals surface area contributed by atoms with Gasteiger partial charge in [-0.15, -0.1) is 0 Å². The highest BCUT2D eigenvalue weighted by atomic mass is 16.5. The first-order valence-electron chi connectivity index (χ1n) is 8.02.